The molecule has 76 valence electrons. The molecule has 1 amide bonds. The molecule has 6 heteroatoms. The van der Waals surface area contributed by atoms with Gasteiger partial charge in [0.1, 0.15) is 0 Å². The fraction of sp³-hybridized carbons (Fsp3) is 0.250. The summed E-state index contributed by atoms with van der Waals surface area (Å²) < 4.78 is 5.62. The molecule has 0 aromatic carbocycles. The number of amides is 1. The molecule has 1 heterocycles. The van der Waals surface area contributed by atoms with Gasteiger partial charge in [0.2, 0.25) is 0 Å². The van der Waals surface area contributed by atoms with E-state index in [1.807, 2.05) is 11.4 Å². The zero-order valence-corrected chi connectivity index (χ0v) is 9.89. The molecule has 0 bridgehead atoms. The number of hydrazone groups is 1. The Morgan fingerprint density at radius 1 is 1.86 bits per heavy atom. The van der Waals surface area contributed by atoms with Gasteiger partial charge in [0.15, 0.2) is 0 Å². The van der Waals surface area contributed by atoms with Gasteiger partial charge in [-0.1, -0.05) is 0 Å². The molecule has 1 N–H and O–H groups in total. The lowest BCUT2D eigenvalue weighted by Crippen LogP contribution is -2.18. The zero-order chi connectivity index (χ0) is 10.4. The molecule has 0 saturated heterocycles. The van der Waals surface area contributed by atoms with Crippen LogP contribution in [0, 0.1) is 0 Å². The molecule has 0 aliphatic heterocycles. The van der Waals surface area contributed by atoms with Crippen LogP contribution in [0.3, 0.4) is 0 Å². The quantitative estimate of drug-likeness (QED) is 0.682. The average Bonchev–Trinajstić information content (AvgIpc) is 2.52. The van der Waals surface area contributed by atoms with E-state index in [4.69, 9.17) is 0 Å². The minimum Gasteiger partial charge on any atom is -0.449 e. The Balaban J connectivity index is 2.37. The minimum absolute atomic E-state index is 0.339. The number of ether oxygens (including phenoxy) is 1. The first-order chi connectivity index (χ1) is 6.72. The number of rotatable bonds is 3. The van der Waals surface area contributed by atoms with Gasteiger partial charge >= 0.3 is 6.09 Å². The fourth-order valence-electron chi connectivity index (χ4n) is 0.708. The molecule has 4 nitrogen and oxygen atoms in total. The molecule has 0 spiro atoms. The number of carbonyl (C=O) groups excluding carboxylic acids is 1. The summed E-state index contributed by atoms with van der Waals surface area (Å²) in [6, 6.07) is 1.90. The third kappa shape index (κ3) is 3.89. The summed E-state index contributed by atoms with van der Waals surface area (Å²) in [6.07, 6.45) is 1.02. The van der Waals surface area contributed by atoms with E-state index in [-0.39, 0.29) is 0 Å². The summed E-state index contributed by atoms with van der Waals surface area (Å²) in [4.78, 5) is 11.7. The summed E-state index contributed by atoms with van der Waals surface area (Å²) in [5, 5.41) is 5.65. The second kappa shape index (κ2) is 5.77. The number of nitrogens with zero attached hydrogens (tertiary/aromatic N) is 1. The molecule has 0 aliphatic carbocycles. The molecule has 1 rings (SSSR count). The predicted octanol–water partition coefficient (Wildman–Crippen LogP) is 2.59. The summed E-state index contributed by atoms with van der Waals surface area (Å²) in [6.45, 7) is 2.07. The number of halogens is 1. The monoisotopic (exact) mass is 276 g/mol. The van der Waals surface area contributed by atoms with Crippen LogP contribution in [0.1, 0.15) is 11.8 Å². The lowest BCUT2D eigenvalue weighted by Gasteiger charge is -1.97. The predicted molar refractivity (Wildman–Crippen MR) is 59.8 cm³/mol. The van der Waals surface area contributed by atoms with Crippen molar-refractivity contribution in [3.8, 4) is 0 Å². The number of nitrogens with one attached hydrogen (secondary N) is 1. The Labute approximate surface area is 94.1 Å². The van der Waals surface area contributed by atoms with Gasteiger partial charge in [0.25, 0.3) is 0 Å². The van der Waals surface area contributed by atoms with E-state index in [9.17, 15) is 4.79 Å². The molecule has 0 atom stereocenters. The van der Waals surface area contributed by atoms with Gasteiger partial charge in [-0.3, -0.25) is 0 Å². The Morgan fingerprint density at radius 3 is 3.21 bits per heavy atom. The van der Waals surface area contributed by atoms with Crippen molar-refractivity contribution in [1.82, 2.24) is 5.43 Å². The van der Waals surface area contributed by atoms with Gasteiger partial charge in [0.05, 0.1) is 12.8 Å². The van der Waals surface area contributed by atoms with E-state index in [1.165, 1.54) is 11.3 Å². The first-order valence-electron chi connectivity index (χ1n) is 3.92. The van der Waals surface area contributed by atoms with E-state index < -0.39 is 6.09 Å². The standard InChI is InChI=1S/C8H9BrN2O2S/c1-2-13-8(12)11-10-4-7-3-6(9)5-14-7/h3-5H,2H2,1H3,(H,11,12). The number of hydrogen-bond donors (Lipinski definition) is 1. The van der Waals surface area contributed by atoms with Crippen LogP contribution in [0.5, 0.6) is 0 Å². The van der Waals surface area contributed by atoms with Crippen LogP contribution in [-0.4, -0.2) is 18.9 Å². The van der Waals surface area contributed by atoms with Crippen LogP contribution in [0.2, 0.25) is 0 Å². The lowest BCUT2D eigenvalue weighted by molar-refractivity contribution is 0.152. The highest BCUT2D eigenvalue weighted by Gasteiger charge is 1.96. The highest BCUT2D eigenvalue weighted by molar-refractivity contribution is 9.10. The maximum absolute atomic E-state index is 10.8. The van der Waals surface area contributed by atoms with E-state index in [2.05, 4.69) is 31.2 Å². The zero-order valence-electron chi connectivity index (χ0n) is 7.49. The van der Waals surface area contributed by atoms with E-state index in [1.54, 1.807) is 13.1 Å². The minimum atomic E-state index is -0.542. The van der Waals surface area contributed by atoms with Crippen molar-refractivity contribution in [2.75, 3.05) is 6.61 Å². The topological polar surface area (TPSA) is 50.7 Å². The molecule has 0 radical (unpaired) electrons. The normalized spacial score (nSPS) is 10.4. The number of carbonyl (C=O) groups is 1. The van der Waals surface area contributed by atoms with E-state index in [0.29, 0.717) is 6.61 Å². The summed E-state index contributed by atoms with van der Waals surface area (Å²) >= 11 is 4.84. The maximum atomic E-state index is 10.8. The highest BCUT2D eigenvalue weighted by Crippen LogP contribution is 2.17. The van der Waals surface area contributed by atoms with Gasteiger partial charge in [-0.05, 0) is 28.9 Å². The smallest absolute Gasteiger partial charge is 0.427 e. The van der Waals surface area contributed by atoms with Crippen LogP contribution >= 0.6 is 27.3 Å². The fourth-order valence-corrected chi connectivity index (χ4v) is 2.01. The molecule has 1 aromatic heterocycles. The van der Waals surface area contributed by atoms with Gasteiger partial charge in [-0.15, -0.1) is 11.3 Å². The van der Waals surface area contributed by atoms with Crippen molar-refractivity contribution < 1.29 is 9.53 Å². The van der Waals surface area contributed by atoms with Crippen LogP contribution in [0.25, 0.3) is 0 Å². The lowest BCUT2D eigenvalue weighted by atomic mass is 10.5. The average molecular weight is 277 g/mol. The molecule has 0 unspecified atom stereocenters. The van der Waals surface area contributed by atoms with Crippen LogP contribution in [0.15, 0.2) is 21.0 Å². The Morgan fingerprint density at radius 2 is 2.64 bits per heavy atom. The summed E-state index contributed by atoms with van der Waals surface area (Å²) in [5.41, 5.74) is 2.24. The van der Waals surface area contributed by atoms with Crippen molar-refractivity contribution in [3.63, 3.8) is 0 Å². The van der Waals surface area contributed by atoms with Crippen LogP contribution < -0.4 is 5.43 Å². The van der Waals surface area contributed by atoms with E-state index in [0.717, 1.165) is 9.35 Å². The maximum Gasteiger partial charge on any atom is 0.427 e. The molecule has 1 aromatic rings. The molecule has 0 saturated carbocycles. The van der Waals surface area contributed by atoms with Crippen LogP contribution in [-0.2, 0) is 4.74 Å². The molecule has 0 aliphatic rings. The van der Waals surface area contributed by atoms with Crippen molar-refractivity contribution in [2.24, 2.45) is 5.10 Å². The third-order valence-electron chi connectivity index (χ3n) is 1.21. The van der Waals surface area contributed by atoms with Gasteiger partial charge in [-0.25, -0.2) is 10.2 Å². The Kier molecular flexibility index (Phi) is 4.61. The van der Waals surface area contributed by atoms with Crippen molar-refractivity contribution >= 4 is 39.6 Å². The number of thiophene rings is 1. The largest absolute Gasteiger partial charge is 0.449 e. The van der Waals surface area contributed by atoms with Crippen LogP contribution in [0.4, 0.5) is 4.79 Å². The first kappa shape index (κ1) is 11.2. The third-order valence-corrected chi connectivity index (χ3v) is 2.84. The van der Waals surface area contributed by atoms with Crippen molar-refractivity contribution in [1.29, 1.82) is 0 Å². The Hall–Kier alpha value is -0.880. The van der Waals surface area contributed by atoms with Crippen molar-refractivity contribution in [3.05, 3.63) is 20.8 Å². The molecule has 0 fully saturated rings. The molecular formula is C8H9BrN2O2S. The second-order valence-corrected chi connectivity index (χ2v) is 4.12. The molecular weight excluding hydrogens is 268 g/mol. The molecule has 14 heavy (non-hydrogen) atoms. The van der Waals surface area contributed by atoms with Gasteiger partial charge in [0, 0.05) is 14.7 Å². The second-order valence-electron chi connectivity index (χ2n) is 2.26. The van der Waals surface area contributed by atoms with Gasteiger partial charge < -0.3 is 4.74 Å². The summed E-state index contributed by atoms with van der Waals surface area (Å²) in [5.74, 6) is 0. The van der Waals surface area contributed by atoms with Gasteiger partial charge in [-0.2, -0.15) is 5.10 Å². The van der Waals surface area contributed by atoms with E-state index >= 15 is 0 Å². The van der Waals surface area contributed by atoms with Crippen molar-refractivity contribution in [2.45, 2.75) is 6.92 Å². The highest BCUT2D eigenvalue weighted by atomic mass is 79.9. The summed E-state index contributed by atoms with van der Waals surface area (Å²) in [7, 11) is 0. The Bertz CT molecular complexity index is 338. The SMILES string of the molecule is CCOC(=O)NN=Cc1cc(Br)cs1. The first-order valence-corrected chi connectivity index (χ1v) is 5.59. The number of hydrogen-bond acceptors (Lipinski definition) is 4.